The summed E-state index contributed by atoms with van der Waals surface area (Å²) in [4.78, 5) is 22.6. The maximum atomic E-state index is 11.6. The van der Waals surface area contributed by atoms with Gasteiger partial charge in [-0.2, -0.15) is 0 Å². The molecule has 0 aliphatic heterocycles. The van der Waals surface area contributed by atoms with Crippen molar-refractivity contribution in [3.05, 3.63) is 0 Å². The minimum absolute atomic E-state index is 0.140. The van der Waals surface area contributed by atoms with E-state index >= 15 is 0 Å². The van der Waals surface area contributed by atoms with Crippen molar-refractivity contribution in [2.45, 2.75) is 53.1 Å². The molecule has 1 unspecified atom stereocenters. The summed E-state index contributed by atoms with van der Waals surface area (Å²) >= 11 is 0. The van der Waals surface area contributed by atoms with Crippen LogP contribution in [0.3, 0.4) is 0 Å². The molecule has 0 aliphatic rings. The lowest BCUT2D eigenvalue weighted by Gasteiger charge is -2.21. The lowest BCUT2D eigenvalue weighted by atomic mass is 9.91. The molecule has 0 radical (unpaired) electrons. The Morgan fingerprint density at radius 2 is 1.72 bits per heavy atom. The Bertz CT molecular complexity index is 273. The molecule has 0 rings (SSSR count). The highest BCUT2D eigenvalue weighted by atomic mass is 16.6. The topological polar surface area (TPSA) is 72.8 Å². The number of hydrogen-bond donors (Lipinski definition) is 1. The van der Waals surface area contributed by atoms with Crippen LogP contribution in [0.15, 0.2) is 0 Å². The quantitative estimate of drug-likeness (QED) is 0.672. The second kappa shape index (κ2) is 8.08. The van der Waals surface area contributed by atoms with Crippen LogP contribution in [0.2, 0.25) is 0 Å². The van der Waals surface area contributed by atoms with Crippen LogP contribution in [0.1, 0.15) is 47.0 Å². The van der Waals surface area contributed by atoms with Crippen molar-refractivity contribution in [1.29, 1.82) is 0 Å². The summed E-state index contributed by atoms with van der Waals surface area (Å²) in [5.74, 6) is -0.708. The summed E-state index contributed by atoms with van der Waals surface area (Å²) in [6, 6.07) is 0. The predicted molar refractivity (Wildman–Crippen MR) is 66.9 cm³/mol. The third-order valence-electron chi connectivity index (χ3n) is 2.73. The van der Waals surface area contributed by atoms with Crippen LogP contribution < -0.4 is 0 Å². The van der Waals surface area contributed by atoms with Gasteiger partial charge in [0.15, 0.2) is 0 Å². The zero-order valence-electron chi connectivity index (χ0n) is 11.7. The summed E-state index contributed by atoms with van der Waals surface area (Å²) in [7, 11) is 0. The van der Waals surface area contributed by atoms with Crippen LogP contribution >= 0.6 is 0 Å². The molecule has 0 spiro atoms. The van der Waals surface area contributed by atoms with Gasteiger partial charge in [-0.3, -0.25) is 9.59 Å². The Labute approximate surface area is 108 Å². The molecule has 5 nitrogen and oxygen atoms in total. The fourth-order valence-corrected chi connectivity index (χ4v) is 1.03. The van der Waals surface area contributed by atoms with Crippen molar-refractivity contribution < 1.29 is 24.2 Å². The smallest absolute Gasteiger partial charge is 0.311 e. The van der Waals surface area contributed by atoms with Gasteiger partial charge in [-0.25, -0.2) is 0 Å². The van der Waals surface area contributed by atoms with E-state index in [1.54, 1.807) is 13.8 Å². The first-order chi connectivity index (χ1) is 8.33. The van der Waals surface area contributed by atoms with Gasteiger partial charge in [0.05, 0.1) is 5.41 Å². The molecule has 0 bridgehead atoms. The van der Waals surface area contributed by atoms with E-state index in [0.29, 0.717) is 19.3 Å². The molecular formula is C13H24O5. The second-order valence-electron chi connectivity index (χ2n) is 4.92. The molecule has 0 saturated carbocycles. The molecule has 0 fully saturated rings. The third-order valence-corrected chi connectivity index (χ3v) is 2.73. The SMILES string of the molecule is CCCC(=O)OCC(O)COC(=O)C(C)(C)CC. The van der Waals surface area contributed by atoms with Gasteiger partial charge in [0.2, 0.25) is 0 Å². The van der Waals surface area contributed by atoms with Crippen LogP contribution in [-0.2, 0) is 19.1 Å². The molecule has 0 aromatic carbocycles. The Morgan fingerprint density at radius 1 is 1.17 bits per heavy atom. The molecule has 18 heavy (non-hydrogen) atoms. The number of esters is 2. The van der Waals surface area contributed by atoms with Gasteiger partial charge in [0, 0.05) is 6.42 Å². The number of rotatable bonds is 8. The van der Waals surface area contributed by atoms with E-state index in [1.165, 1.54) is 0 Å². The fourth-order valence-electron chi connectivity index (χ4n) is 1.03. The van der Waals surface area contributed by atoms with Gasteiger partial charge in [0.1, 0.15) is 19.3 Å². The number of ether oxygens (including phenoxy) is 2. The Morgan fingerprint density at radius 3 is 2.22 bits per heavy atom. The maximum Gasteiger partial charge on any atom is 0.311 e. The highest BCUT2D eigenvalue weighted by molar-refractivity contribution is 5.75. The monoisotopic (exact) mass is 260 g/mol. The minimum Gasteiger partial charge on any atom is -0.463 e. The van der Waals surface area contributed by atoms with Gasteiger partial charge in [-0.05, 0) is 26.7 Å². The molecule has 0 amide bonds. The first-order valence-electron chi connectivity index (χ1n) is 6.34. The Kier molecular flexibility index (Phi) is 7.59. The highest BCUT2D eigenvalue weighted by Crippen LogP contribution is 2.21. The summed E-state index contributed by atoms with van der Waals surface area (Å²) in [6.07, 6.45) is 0.722. The van der Waals surface area contributed by atoms with E-state index in [2.05, 4.69) is 0 Å². The predicted octanol–water partition coefficient (Wildman–Crippen LogP) is 1.67. The van der Waals surface area contributed by atoms with E-state index in [4.69, 9.17) is 9.47 Å². The van der Waals surface area contributed by atoms with Gasteiger partial charge < -0.3 is 14.6 Å². The van der Waals surface area contributed by atoms with Gasteiger partial charge in [0.25, 0.3) is 0 Å². The summed E-state index contributed by atoms with van der Waals surface area (Å²) < 4.78 is 9.78. The van der Waals surface area contributed by atoms with E-state index in [-0.39, 0.29) is 25.2 Å². The van der Waals surface area contributed by atoms with E-state index in [0.717, 1.165) is 0 Å². The standard InChI is InChI=1S/C13H24O5/c1-5-7-11(15)17-8-10(14)9-18-12(16)13(3,4)6-2/h10,14H,5-9H2,1-4H3. The highest BCUT2D eigenvalue weighted by Gasteiger charge is 2.27. The summed E-state index contributed by atoms with van der Waals surface area (Å²) in [5, 5.41) is 9.50. The van der Waals surface area contributed by atoms with Crippen LogP contribution in [0.4, 0.5) is 0 Å². The molecular weight excluding hydrogens is 236 g/mol. The first kappa shape index (κ1) is 16.9. The lowest BCUT2D eigenvalue weighted by Crippen LogP contribution is -2.31. The molecule has 5 heteroatoms. The molecule has 1 N–H and O–H groups in total. The molecule has 0 aliphatic carbocycles. The molecule has 0 aromatic rings. The lowest BCUT2D eigenvalue weighted by molar-refractivity contribution is -0.159. The molecule has 0 heterocycles. The van der Waals surface area contributed by atoms with Gasteiger partial charge >= 0.3 is 11.9 Å². The molecule has 1 atom stereocenters. The number of hydrogen-bond acceptors (Lipinski definition) is 5. The van der Waals surface area contributed by atoms with Crippen molar-refractivity contribution in [3.63, 3.8) is 0 Å². The summed E-state index contributed by atoms with van der Waals surface area (Å²) in [6.45, 7) is 7.03. The molecule has 0 saturated heterocycles. The van der Waals surface area contributed by atoms with Crippen LogP contribution in [0.5, 0.6) is 0 Å². The largest absolute Gasteiger partial charge is 0.463 e. The molecule has 0 aromatic heterocycles. The first-order valence-corrected chi connectivity index (χ1v) is 6.34. The van der Waals surface area contributed by atoms with Crippen molar-refractivity contribution in [1.82, 2.24) is 0 Å². The normalized spacial score (nSPS) is 12.9. The zero-order chi connectivity index (χ0) is 14.2. The van der Waals surface area contributed by atoms with E-state index in [9.17, 15) is 14.7 Å². The van der Waals surface area contributed by atoms with Crippen molar-refractivity contribution in [3.8, 4) is 0 Å². The Balaban J connectivity index is 3.87. The van der Waals surface area contributed by atoms with Gasteiger partial charge in [-0.15, -0.1) is 0 Å². The molecule has 106 valence electrons. The number of carbonyl (C=O) groups excluding carboxylic acids is 2. The van der Waals surface area contributed by atoms with E-state index < -0.39 is 11.5 Å². The average Bonchev–Trinajstić information content (AvgIpc) is 2.33. The third kappa shape index (κ3) is 6.59. The maximum absolute atomic E-state index is 11.6. The minimum atomic E-state index is -0.970. The number of aliphatic hydroxyl groups is 1. The van der Waals surface area contributed by atoms with Crippen molar-refractivity contribution in [2.24, 2.45) is 5.41 Å². The Hall–Kier alpha value is -1.10. The fraction of sp³-hybridized carbons (Fsp3) is 0.846. The van der Waals surface area contributed by atoms with Crippen LogP contribution in [0.25, 0.3) is 0 Å². The van der Waals surface area contributed by atoms with Crippen molar-refractivity contribution in [2.75, 3.05) is 13.2 Å². The van der Waals surface area contributed by atoms with E-state index in [1.807, 2.05) is 13.8 Å². The van der Waals surface area contributed by atoms with Gasteiger partial charge in [-0.1, -0.05) is 13.8 Å². The van der Waals surface area contributed by atoms with Crippen LogP contribution in [0, 0.1) is 5.41 Å². The zero-order valence-corrected chi connectivity index (χ0v) is 11.7. The van der Waals surface area contributed by atoms with Crippen molar-refractivity contribution >= 4 is 11.9 Å². The number of aliphatic hydroxyl groups excluding tert-OH is 1. The van der Waals surface area contributed by atoms with Crippen LogP contribution in [-0.4, -0.2) is 36.4 Å². The number of carbonyl (C=O) groups is 2. The summed E-state index contributed by atoms with van der Waals surface area (Å²) in [5.41, 5.74) is -0.557. The average molecular weight is 260 g/mol. The second-order valence-corrected chi connectivity index (χ2v) is 4.92.